The first-order chi connectivity index (χ1) is 13.0. The van der Waals surface area contributed by atoms with E-state index in [0.717, 1.165) is 5.75 Å². The van der Waals surface area contributed by atoms with Crippen molar-refractivity contribution in [2.45, 2.75) is 13.0 Å². The molecule has 1 heterocycles. The molecule has 142 valence electrons. The first kappa shape index (κ1) is 19.1. The average molecular weight is 387 g/mol. The van der Waals surface area contributed by atoms with E-state index in [9.17, 15) is 19.8 Å². The van der Waals surface area contributed by atoms with Crippen LogP contribution < -0.4 is 4.74 Å². The standard InChI is InChI=1S/C20H21NO5S/c1-13-17(23)5-3-7-19(13)26-11-14-12-27-9-8-21(14)20(25)15-4-2-6-18(24)16(15)10-22/h2-7,10,14,23-24H,8-9,11-12H2,1H3/t14-/m0/s1. The van der Waals surface area contributed by atoms with Crippen LogP contribution in [0, 0.1) is 6.92 Å². The number of aldehydes is 1. The largest absolute Gasteiger partial charge is 0.508 e. The van der Waals surface area contributed by atoms with Gasteiger partial charge in [-0.15, -0.1) is 0 Å². The molecule has 27 heavy (non-hydrogen) atoms. The molecule has 0 saturated carbocycles. The zero-order valence-electron chi connectivity index (χ0n) is 14.9. The molecule has 2 aromatic rings. The first-order valence-corrected chi connectivity index (χ1v) is 9.75. The monoisotopic (exact) mass is 387 g/mol. The minimum absolute atomic E-state index is 0.00391. The molecule has 0 bridgehead atoms. The SMILES string of the molecule is Cc1c(O)cccc1OC[C@H]1CSCCN1C(=O)c1cccc(O)c1C=O. The van der Waals surface area contributed by atoms with Crippen molar-refractivity contribution in [3.63, 3.8) is 0 Å². The summed E-state index contributed by atoms with van der Waals surface area (Å²) in [4.78, 5) is 26.0. The van der Waals surface area contributed by atoms with Gasteiger partial charge in [-0.05, 0) is 31.2 Å². The molecule has 1 amide bonds. The number of benzene rings is 2. The second-order valence-electron chi connectivity index (χ2n) is 6.29. The molecule has 1 saturated heterocycles. The number of phenols is 2. The third kappa shape index (κ3) is 4.03. The molecule has 0 spiro atoms. The van der Waals surface area contributed by atoms with Gasteiger partial charge in [0.15, 0.2) is 6.29 Å². The van der Waals surface area contributed by atoms with E-state index in [-0.39, 0.29) is 41.2 Å². The third-order valence-electron chi connectivity index (χ3n) is 4.61. The molecule has 0 aromatic heterocycles. The fourth-order valence-corrected chi connectivity index (χ4v) is 4.06. The van der Waals surface area contributed by atoms with Crippen LogP contribution in [0.15, 0.2) is 36.4 Å². The summed E-state index contributed by atoms with van der Waals surface area (Å²) >= 11 is 1.73. The van der Waals surface area contributed by atoms with E-state index in [1.807, 2.05) is 0 Å². The second-order valence-corrected chi connectivity index (χ2v) is 7.44. The van der Waals surface area contributed by atoms with Crippen molar-refractivity contribution in [2.24, 2.45) is 0 Å². The summed E-state index contributed by atoms with van der Waals surface area (Å²) in [5, 5.41) is 19.7. The Labute approximate surface area is 161 Å². The van der Waals surface area contributed by atoms with Crippen LogP contribution in [0.2, 0.25) is 0 Å². The van der Waals surface area contributed by atoms with Gasteiger partial charge in [0, 0.05) is 23.6 Å². The Morgan fingerprint density at radius 3 is 2.78 bits per heavy atom. The van der Waals surface area contributed by atoms with E-state index in [0.29, 0.717) is 29.9 Å². The quantitative estimate of drug-likeness (QED) is 0.767. The molecule has 1 aliphatic heterocycles. The van der Waals surface area contributed by atoms with Crippen molar-refractivity contribution in [1.29, 1.82) is 0 Å². The molecule has 2 N–H and O–H groups in total. The number of phenolic OH excluding ortho intramolecular Hbond substituents is 2. The zero-order chi connectivity index (χ0) is 19.4. The number of carbonyl (C=O) groups excluding carboxylic acids is 2. The van der Waals surface area contributed by atoms with Crippen LogP contribution in [-0.2, 0) is 0 Å². The van der Waals surface area contributed by atoms with Gasteiger partial charge < -0.3 is 19.8 Å². The number of nitrogens with zero attached hydrogens (tertiary/aromatic N) is 1. The Morgan fingerprint density at radius 2 is 2.00 bits per heavy atom. The summed E-state index contributed by atoms with van der Waals surface area (Å²) in [6.07, 6.45) is 0.503. The van der Waals surface area contributed by atoms with Crippen molar-refractivity contribution in [3.8, 4) is 17.2 Å². The van der Waals surface area contributed by atoms with Gasteiger partial charge in [0.05, 0.1) is 17.2 Å². The second kappa shape index (κ2) is 8.35. The van der Waals surface area contributed by atoms with Crippen molar-refractivity contribution in [1.82, 2.24) is 4.90 Å². The van der Waals surface area contributed by atoms with Crippen LogP contribution in [0.4, 0.5) is 0 Å². The molecule has 1 aliphatic rings. The molecule has 0 radical (unpaired) electrons. The fourth-order valence-electron chi connectivity index (χ4n) is 3.02. The van der Waals surface area contributed by atoms with Crippen molar-refractivity contribution in [2.75, 3.05) is 24.7 Å². The van der Waals surface area contributed by atoms with Gasteiger partial charge in [-0.2, -0.15) is 11.8 Å². The van der Waals surface area contributed by atoms with E-state index in [4.69, 9.17) is 4.74 Å². The van der Waals surface area contributed by atoms with Crippen LogP contribution in [0.25, 0.3) is 0 Å². The van der Waals surface area contributed by atoms with Crippen molar-refractivity contribution >= 4 is 24.0 Å². The van der Waals surface area contributed by atoms with Crippen LogP contribution in [0.1, 0.15) is 26.3 Å². The molecule has 6 nitrogen and oxygen atoms in total. The maximum atomic E-state index is 13.0. The number of aromatic hydroxyl groups is 2. The lowest BCUT2D eigenvalue weighted by Crippen LogP contribution is -2.49. The molecule has 2 aromatic carbocycles. The maximum Gasteiger partial charge on any atom is 0.255 e. The number of hydrogen-bond donors (Lipinski definition) is 2. The van der Waals surface area contributed by atoms with E-state index >= 15 is 0 Å². The highest BCUT2D eigenvalue weighted by Gasteiger charge is 2.30. The average Bonchev–Trinajstić information content (AvgIpc) is 2.68. The van der Waals surface area contributed by atoms with Gasteiger partial charge >= 0.3 is 0 Å². The number of carbonyl (C=O) groups is 2. The summed E-state index contributed by atoms with van der Waals surface area (Å²) < 4.78 is 5.87. The Balaban J connectivity index is 1.79. The number of thioether (sulfide) groups is 1. The Bertz CT molecular complexity index is 854. The fraction of sp³-hybridized carbons (Fsp3) is 0.300. The van der Waals surface area contributed by atoms with E-state index in [1.54, 1.807) is 53.9 Å². The zero-order valence-corrected chi connectivity index (χ0v) is 15.7. The summed E-state index contributed by atoms with van der Waals surface area (Å²) in [5.74, 6) is 1.74. The predicted octanol–water partition coefficient (Wildman–Crippen LogP) is 2.86. The molecule has 3 rings (SSSR count). The number of hydrogen-bond acceptors (Lipinski definition) is 6. The minimum atomic E-state index is -0.297. The lowest BCUT2D eigenvalue weighted by molar-refractivity contribution is 0.0645. The van der Waals surface area contributed by atoms with E-state index < -0.39 is 0 Å². The van der Waals surface area contributed by atoms with Crippen LogP contribution in [-0.4, -0.2) is 58.0 Å². The summed E-state index contributed by atoms with van der Waals surface area (Å²) in [7, 11) is 0. The molecule has 7 heteroatoms. The highest BCUT2D eigenvalue weighted by atomic mass is 32.2. The van der Waals surface area contributed by atoms with Gasteiger partial charge in [-0.25, -0.2) is 0 Å². The highest BCUT2D eigenvalue weighted by Crippen LogP contribution is 2.28. The van der Waals surface area contributed by atoms with Gasteiger partial charge in [-0.1, -0.05) is 12.1 Å². The van der Waals surface area contributed by atoms with Gasteiger partial charge in [0.1, 0.15) is 23.9 Å². The van der Waals surface area contributed by atoms with Gasteiger partial charge in [-0.3, -0.25) is 9.59 Å². The van der Waals surface area contributed by atoms with Crippen LogP contribution in [0.5, 0.6) is 17.2 Å². The van der Waals surface area contributed by atoms with Crippen LogP contribution in [0.3, 0.4) is 0 Å². The van der Waals surface area contributed by atoms with E-state index in [1.165, 1.54) is 6.07 Å². The summed E-state index contributed by atoms with van der Waals surface area (Å²) in [6, 6.07) is 9.38. The molecular formula is C20H21NO5S. The van der Waals surface area contributed by atoms with Gasteiger partial charge in [0.25, 0.3) is 5.91 Å². The smallest absolute Gasteiger partial charge is 0.255 e. The van der Waals surface area contributed by atoms with E-state index in [2.05, 4.69) is 0 Å². The molecule has 1 atom stereocenters. The van der Waals surface area contributed by atoms with Crippen LogP contribution >= 0.6 is 11.8 Å². The molecule has 0 unspecified atom stereocenters. The Hall–Kier alpha value is -2.67. The normalized spacial score (nSPS) is 16.8. The summed E-state index contributed by atoms with van der Waals surface area (Å²) in [6.45, 7) is 2.58. The lowest BCUT2D eigenvalue weighted by atomic mass is 10.1. The number of rotatable bonds is 5. The molecule has 1 fully saturated rings. The topological polar surface area (TPSA) is 87.1 Å². The highest BCUT2D eigenvalue weighted by molar-refractivity contribution is 7.99. The predicted molar refractivity (Wildman–Crippen MR) is 104 cm³/mol. The first-order valence-electron chi connectivity index (χ1n) is 8.60. The Morgan fingerprint density at radius 1 is 1.26 bits per heavy atom. The van der Waals surface area contributed by atoms with Crippen molar-refractivity contribution in [3.05, 3.63) is 53.1 Å². The summed E-state index contributed by atoms with van der Waals surface area (Å²) in [5.41, 5.74) is 0.842. The maximum absolute atomic E-state index is 13.0. The van der Waals surface area contributed by atoms with Gasteiger partial charge in [0.2, 0.25) is 0 Å². The van der Waals surface area contributed by atoms with Crippen molar-refractivity contribution < 1.29 is 24.5 Å². The number of amides is 1. The minimum Gasteiger partial charge on any atom is -0.508 e. The number of ether oxygens (including phenoxy) is 1. The molecule has 0 aliphatic carbocycles. The molecular weight excluding hydrogens is 366 g/mol. The lowest BCUT2D eigenvalue weighted by Gasteiger charge is -2.35. The Kier molecular flexibility index (Phi) is 5.91. The third-order valence-corrected chi connectivity index (χ3v) is 5.70.